The fourth-order valence-electron chi connectivity index (χ4n) is 2.71. The first kappa shape index (κ1) is 17.0. The number of hydrogen-bond donors (Lipinski definition) is 1. The Balaban J connectivity index is 1.50. The van der Waals surface area contributed by atoms with E-state index in [1.165, 1.54) is 0 Å². The lowest BCUT2D eigenvalue weighted by Gasteiger charge is -2.35. The van der Waals surface area contributed by atoms with Crippen molar-refractivity contribution in [3.05, 3.63) is 52.8 Å². The summed E-state index contributed by atoms with van der Waals surface area (Å²) in [7, 11) is 0. The Morgan fingerprint density at radius 3 is 2.62 bits per heavy atom. The second kappa shape index (κ2) is 7.83. The van der Waals surface area contributed by atoms with Gasteiger partial charge in [0, 0.05) is 43.1 Å². The number of rotatable bonds is 4. The Labute approximate surface area is 151 Å². The van der Waals surface area contributed by atoms with Crippen LogP contribution in [0.5, 0.6) is 0 Å². The Morgan fingerprint density at radius 1 is 1.12 bits per heavy atom. The van der Waals surface area contributed by atoms with Gasteiger partial charge in [0.05, 0.1) is 12.2 Å². The number of hydrogen-bond acceptors (Lipinski definition) is 4. The molecule has 0 aliphatic carbocycles. The van der Waals surface area contributed by atoms with E-state index in [0.717, 1.165) is 36.9 Å². The summed E-state index contributed by atoms with van der Waals surface area (Å²) in [5, 5.41) is 3.84. The first-order valence-corrected chi connectivity index (χ1v) is 8.50. The predicted octanol–water partition coefficient (Wildman–Crippen LogP) is 3.15. The van der Waals surface area contributed by atoms with Crippen LogP contribution < -0.4 is 10.2 Å². The SMILES string of the molecule is O=C(CN1CCN(c2cccc(Cl)c2)CC1)Nc1cccnc1Cl. The fraction of sp³-hybridized carbons (Fsp3) is 0.294. The van der Waals surface area contributed by atoms with Gasteiger partial charge in [0.1, 0.15) is 0 Å². The van der Waals surface area contributed by atoms with Crippen molar-refractivity contribution in [1.82, 2.24) is 9.88 Å². The minimum absolute atomic E-state index is 0.0823. The summed E-state index contributed by atoms with van der Waals surface area (Å²) in [6.45, 7) is 3.71. The lowest BCUT2D eigenvalue weighted by molar-refractivity contribution is -0.117. The number of anilines is 2. The van der Waals surface area contributed by atoms with Gasteiger partial charge in [-0.1, -0.05) is 29.3 Å². The average molecular weight is 365 g/mol. The van der Waals surface area contributed by atoms with Gasteiger partial charge in [-0.3, -0.25) is 9.69 Å². The molecular weight excluding hydrogens is 347 g/mol. The zero-order valence-electron chi connectivity index (χ0n) is 13.1. The molecule has 2 heterocycles. The predicted molar refractivity (Wildman–Crippen MR) is 98.0 cm³/mol. The summed E-state index contributed by atoms with van der Waals surface area (Å²) in [5.74, 6) is -0.0823. The minimum Gasteiger partial charge on any atom is -0.369 e. The Bertz CT molecular complexity index is 717. The number of nitrogens with one attached hydrogen (secondary N) is 1. The molecule has 0 spiro atoms. The molecule has 3 rings (SSSR count). The quantitative estimate of drug-likeness (QED) is 0.846. The van der Waals surface area contributed by atoms with Gasteiger partial charge >= 0.3 is 0 Å². The molecule has 1 fully saturated rings. The van der Waals surface area contributed by atoms with Gasteiger partial charge in [-0.15, -0.1) is 0 Å². The third-order valence-electron chi connectivity index (χ3n) is 3.95. The van der Waals surface area contributed by atoms with Crippen molar-refractivity contribution in [3.8, 4) is 0 Å². The highest BCUT2D eigenvalue weighted by atomic mass is 35.5. The molecule has 0 unspecified atom stereocenters. The van der Waals surface area contributed by atoms with Crippen LogP contribution in [0, 0.1) is 0 Å². The van der Waals surface area contributed by atoms with Crippen molar-refractivity contribution in [1.29, 1.82) is 0 Å². The number of nitrogens with zero attached hydrogens (tertiary/aromatic N) is 3. The molecule has 0 bridgehead atoms. The number of carbonyl (C=O) groups is 1. The third-order valence-corrected chi connectivity index (χ3v) is 4.48. The molecule has 1 aliphatic rings. The zero-order valence-corrected chi connectivity index (χ0v) is 14.6. The molecule has 1 aliphatic heterocycles. The minimum atomic E-state index is -0.0823. The van der Waals surface area contributed by atoms with Gasteiger partial charge in [0.2, 0.25) is 5.91 Å². The van der Waals surface area contributed by atoms with Crippen LogP contribution >= 0.6 is 23.2 Å². The standard InChI is InChI=1S/C17H18Cl2N4O/c18-13-3-1-4-14(11-13)23-9-7-22(8-10-23)12-16(24)21-15-5-2-6-20-17(15)19/h1-6,11H,7-10,12H2,(H,21,24). The molecule has 1 aromatic carbocycles. The van der Waals surface area contributed by atoms with Crippen LogP contribution in [0.25, 0.3) is 0 Å². The number of benzene rings is 1. The lowest BCUT2D eigenvalue weighted by atomic mass is 10.2. The van der Waals surface area contributed by atoms with Gasteiger partial charge < -0.3 is 10.2 Å². The van der Waals surface area contributed by atoms with Gasteiger partial charge in [-0.25, -0.2) is 4.98 Å². The van der Waals surface area contributed by atoms with Gasteiger partial charge in [0.15, 0.2) is 5.15 Å². The largest absolute Gasteiger partial charge is 0.369 e. The normalized spacial score (nSPS) is 15.3. The molecular formula is C17H18Cl2N4O. The fourth-order valence-corrected chi connectivity index (χ4v) is 3.06. The van der Waals surface area contributed by atoms with E-state index >= 15 is 0 Å². The number of carbonyl (C=O) groups excluding carboxylic acids is 1. The second-order valence-corrected chi connectivity index (χ2v) is 6.43. The van der Waals surface area contributed by atoms with E-state index in [1.54, 1.807) is 18.3 Å². The summed E-state index contributed by atoms with van der Waals surface area (Å²) in [5.41, 5.74) is 1.66. The summed E-state index contributed by atoms with van der Waals surface area (Å²) >= 11 is 12.0. The second-order valence-electron chi connectivity index (χ2n) is 5.63. The molecule has 1 saturated heterocycles. The summed E-state index contributed by atoms with van der Waals surface area (Å²) in [4.78, 5) is 20.5. The van der Waals surface area contributed by atoms with E-state index in [9.17, 15) is 4.79 Å². The van der Waals surface area contributed by atoms with Crippen LogP contribution in [-0.2, 0) is 4.79 Å². The number of aromatic nitrogens is 1. The van der Waals surface area contributed by atoms with Crippen molar-refractivity contribution in [2.45, 2.75) is 0 Å². The number of pyridine rings is 1. The van der Waals surface area contributed by atoms with E-state index in [2.05, 4.69) is 26.2 Å². The van der Waals surface area contributed by atoms with Crippen molar-refractivity contribution < 1.29 is 4.79 Å². The van der Waals surface area contributed by atoms with Crippen molar-refractivity contribution >= 4 is 40.5 Å². The Morgan fingerprint density at radius 2 is 1.92 bits per heavy atom. The third kappa shape index (κ3) is 4.38. The first-order chi connectivity index (χ1) is 11.6. The molecule has 2 aromatic rings. The van der Waals surface area contributed by atoms with Crippen LogP contribution in [-0.4, -0.2) is 48.5 Å². The van der Waals surface area contributed by atoms with Gasteiger partial charge in [-0.2, -0.15) is 0 Å². The van der Waals surface area contributed by atoms with E-state index in [0.29, 0.717) is 17.4 Å². The Hall–Kier alpha value is -1.82. The van der Waals surface area contributed by atoms with E-state index < -0.39 is 0 Å². The highest BCUT2D eigenvalue weighted by Gasteiger charge is 2.19. The van der Waals surface area contributed by atoms with Crippen molar-refractivity contribution in [3.63, 3.8) is 0 Å². The zero-order chi connectivity index (χ0) is 16.9. The first-order valence-electron chi connectivity index (χ1n) is 7.75. The van der Waals surface area contributed by atoms with Crippen LogP contribution in [0.3, 0.4) is 0 Å². The molecule has 7 heteroatoms. The van der Waals surface area contributed by atoms with Gasteiger partial charge in [-0.05, 0) is 30.3 Å². The lowest BCUT2D eigenvalue weighted by Crippen LogP contribution is -2.48. The topological polar surface area (TPSA) is 48.5 Å². The van der Waals surface area contributed by atoms with Crippen molar-refractivity contribution in [2.24, 2.45) is 0 Å². The van der Waals surface area contributed by atoms with E-state index in [4.69, 9.17) is 23.2 Å². The smallest absolute Gasteiger partial charge is 0.238 e. The molecule has 0 saturated carbocycles. The molecule has 0 atom stereocenters. The Kier molecular flexibility index (Phi) is 5.56. The summed E-state index contributed by atoms with van der Waals surface area (Å²) in [6, 6.07) is 11.3. The van der Waals surface area contributed by atoms with Crippen LogP contribution in [0.2, 0.25) is 10.2 Å². The highest BCUT2D eigenvalue weighted by Crippen LogP contribution is 2.21. The molecule has 0 radical (unpaired) electrons. The van der Waals surface area contributed by atoms with E-state index in [-0.39, 0.29) is 5.91 Å². The van der Waals surface area contributed by atoms with Crippen LogP contribution in [0.1, 0.15) is 0 Å². The number of piperazine rings is 1. The molecule has 1 amide bonds. The van der Waals surface area contributed by atoms with Crippen LogP contribution in [0.4, 0.5) is 11.4 Å². The highest BCUT2D eigenvalue weighted by molar-refractivity contribution is 6.32. The molecule has 126 valence electrons. The average Bonchev–Trinajstić information content (AvgIpc) is 2.58. The summed E-state index contributed by atoms with van der Waals surface area (Å²) in [6.07, 6.45) is 1.59. The van der Waals surface area contributed by atoms with Crippen LogP contribution in [0.15, 0.2) is 42.6 Å². The van der Waals surface area contributed by atoms with E-state index in [1.807, 2.05) is 18.2 Å². The summed E-state index contributed by atoms with van der Waals surface area (Å²) < 4.78 is 0. The number of halogens is 2. The maximum Gasteiger partial charge on any atom is 0.238 e. The van der Waals surface area contributed by atoms with Crippen molar-refractivity contribution in [2.75, 3.05) is 42.9 Å². The molecule has 1 N–H and O–H groups in total. The van der Waals surface area contributed by atoms with Gasteiger partial charge in [0.25, 0.3) is 0 Å². The monoisotopic (exact) mass is 364 g/mol. The maximum atomic E-state index is 12.2. The molecule has 24 heavy (non-hydrogen) atoms. The maximum absolute atomic E-state index is 12.2. The molecule has 1 aromatic heterocycles. The number of amides is 1. The molecule has 5 nitrogen and oxygen atoms in total.